The Kier molecular flexibility index (Phi) is 5.41. The molecule has 0 atom stereocenters. The second-order valence-electron chi connectivity index (χ2n) is 6.37. The Bertz CT molecular complexity index is 1310. The Labute approximate surface area is 178 Å². The lowest BCUT2D eigenvalue weighted by Crippen LogP contribution is -2.14. The van der Waals surface area contributed by atoms with Gasteiger partial charge in [0.05, 0.1) is 15.5 Å². The first kappa shape index (κ1) is 19.6. The van der Waals surface area contributed by atoms with Gasteiger partial charge in [0.2, 0.25) is 4.80 Å². The van der Waals surface area contributed by atoms with Gasteiger partial charge in [0.1, 0.15) is 0 Å². The molecule has 0 saturated carbocycles. The third kappa shape index (κ3) is 4.05. The predicted octanol–water partition coefficient (Wildman–Crippen LogP) is 5.36. The van der Waals surface area contributed by atoms with Crippen molar-refractivity contribution < 1.29 is 8.42 Å². The molecule has 0 aliphatic carbocycles. The fraction of sp³-hybridized carbons (Fsp3) is 0.0455. The largest absolute Gasteiger partial charge is 0.318 e. The van der Waals surface area contributed by atoms with Gasteiger partial charge in [-0.05, 0) is 35.4 Å². The molecular formula is C22H17ClN2O2S2. The summed E-state index contributed by atoms with van der Waals surface area (Å²) in [6.07, 6.45) is 0. The molecule has 0 N–H and O–H groups in total. The molecule has 0 amide bonds. The first-order valence-corrected chi connectivity index (χ1v) is 11.5. The number of nitrogens with zero attached hydrogens (tertiary/aromatic N) is 2. The van der Waals surface area contributed by atoms with E-state index in [2.05, 4.69) is 4.40 Å². The Morgan fingerprint density at radius 3 is 1.97 bits per heavy atom. The normalized spacial score (nSPS) is 12.3. The number of benzene rings is 3. The number of hydrogen-bond acceptors (Lipinski definition) is 3. The first-order chi connectivity index (χ1) is 14.0. The third-order valence-corrected chi connectivity index (χ3v) is 7.25. The lowest BCUT2D eigenvalue weighted by molar-refractivity contribution is 0.596. The molecule has 4 rings (SSSR count). The minimum absolute atomic E-state index is 0.109. The summed E-state index contributed by atoms with van der Waals surface area (Å²) in [6.45, 7) is 0. The van der Waals surface area contributed by atoms with Crippen LogP contribution in [0.1, 0.15) is 0 Å². The van der Waals surface area contributed by atoms with Crippen molar-refractivity contribution in [2.45, 2.75) is 4.90 Å². The van der Waals surface area contributed by atoms with Crippen molar-refractivity contribution in [1.29, 1.82) is 0 Å². The minimum atomic E-state index is -3.86. The highest BCUT2D eigenvalue weighted by Crippen LogP contribution is 2.34. The van der Waals surface area contributed by atoms with E-state index in [1.54, 1.807) is 12.1 Å². The van der Waals surface area contributed by atoms with E-state index in [1.165, 1.54) is 23.5 Å². The van der Waals surface area contributed by atoms with E-state index in [0.717, 1.165) is 21.7 Å². The van der Waals surface area contributed by atoms with Gasteiger partial charge in [-0.3, -0.25) is 0 Å². The monoisotopic (exact) mass is 440 g/mol. The van der Waals surface area contributed by atoms with E-state index in [1.807, 2.05) is 72.3 Å². The van der Waals surface area contributed by atoms with Crippen LogP contribution in [-0.2, 0) is 17.1 Å². The maximum atomic E-state index is 12.8. The molecule has 0 spiro atoms. The summed E-state index contributed by atoms with van der Waals surface area (Å²) in [5.74, 6) is 0. The van der Waals surface area contributed by atoms with Crippen molar-refractivity contribution in [3.05, 3.63) is 94.8 Å². The van der Waals surface area contributed by atoms with E-state index in [4.69, 9.17) is 11.6 Å². The molecule has 0 fully saturated rings. The van der Waals surface area contributed by atoms with Crippen LogP contribution in [0.15, 0.2) is 94.2 Å². The van der Waals surface area contributed by atoms with Crippen LogP contribution in [0.5, 0.6) is 0 Å². The van der Waals surface area contributed by atoms with Crippen LogP contribution in [0.2, 0.25) is 5.02 Å². The van der Waals surface area contributed by atoms with Crippen LogP contribution in [0, 0.1) is 0 Å². The molecule has 4 aromatic rings. The van der Waals surface area contributed by atoms with Crippen molar-refractivity contribution >= 4 is 33.0 Å². The summed E-state index contributed by atoms with van der Waals surface area (Å²) < 4.78 is 31.6. The molecule has 0 radical (unpaired) electrons. The number of hydrogen-bond donors (Lipinski definition) is 0. The number of halogens is 1. The number of sulfonamides is 1. The Morgan fingerprint density at radius 2 is 1.38 bits per heavy atom. The Hall–Kier alpha value is -2.67. The SMILES string of the molecule is Cn1c(-c2ccccc2)c(-c2ccccc2)sc1=NS(=O)(=O)c1ccc(Cl)cc1. The maximum absolute atomic E-state index is 12.8. The van der Waals surface area contributed by atoms with Crippen molar-refractivity contribution in [3.8, 4) is 21.7 Å². The van der Waals surface area contributed by atoms with Gasteiger partial charge in [0, 0.05) is 12.1 Å². The Balaban J connectivity index is 1.95. The summed E-state index contributed by atoms with van der Waals surface area (Å²) in [5, 5.41) is 0.475. The standard InChI is InChI=1S/C22H17ClN2O2S2/c1-25-20(16-8-4-2-5-9-16)21(17-10-6-3-7-11-17)28-22(25)24-29(26,27)19-14-12-18(23)13-15-19/h2-15H,1H3. The third-order valence-electron chi connectivity index (χ3n) is 4.42. The average molecular weight is 441 g/mol. The molecule has 4 nitrogen and oxygen atoms in total. The van der Waals surface area contributed by atoms with Gasteiger partial charge in [-0.25, -0.2) is 0 Å². The molecule has 0 aliphatic rings. The maximum Gasteiger partial charge on any atom is 0.285 e. The quantitative estimate of drug-likeness (QED) is 0.428. The molecule has 0 aliphatic heterocycles. The summed E-state index contributed by atoms with van der Waals surface area (Å²) in [6, 6.07) is 25.8. The molecule has 1 heterocycles. The molecule has 146 valence electrons. The Morgan fingerprint density at radius 1 is 0.828 bits per heavy atom. The van der Waals surface area contributed by atoms with Crippen molar-refractivity contribution in [1.82, 2.24) is 4.57 Å². The van der Waals surface area contributed by atoms with Crippen LogP contribution >= 0.6 is 22.9 Å². The van der Waals surface area contributed by atoms with Gasteiger partial charge in [0.15, 0.2) is 0 Å². The van der Waals surface area contributed by atoms with E-state index < -0.39 is 10.0 Å². The number of rotatable bonds is 4. The van der Waals surface area contributed by atoms with E-state index >= 15 is 0 Å². The fourth-order valence-electron chi connectivity index (χ4n) is 3.00. The molecule has 0 bridgehead atoms. The number of thiazole rings is 1. The molecular weight excluding hydrogens is 424 g/mol. The second kappa shape index (κ2) is 7.99. The molecule has 1 aromatic heterocycles. The zero-order valence-corrected chi connectivity index (χ0v) is 17.9. The van der Waals surface area contributed by atoms with Gasteiger partial charge >= 0.3 is 0 Å². The fourth-order valence-corrected chi connectivity index (χ4v) is 5.50. The van der Waals surface area contributed by atoms with E-state index in [0.29, 0.717) is 9.82 Å². The van der Waals surface area contributed by atoms with Crippen molar-refractivity contribution in [2.24, 2.45) is 11.4 Å². The van der Waals surface area contributed by atoms with Crippen LogP contribution in [0.3, 0.4) is 0 Å². The zero-order valence-electron chi connectivity index (χ0n) is 15.5. The van der Waals surface area contributed by atoms with Gasteiger partial charge in [-0.1, -0.05) is 83.6 Å². The molecule has 0 unspecified atom stereocenters. The van der Waals surface area contributed by atoms with Crippen LogP contribution in [0.25, 0.3) is 21.7 Å². The molecule has 3 aromatic carbocycles. The lowest BCUT2D eigenvalue weighted by Gasteiger charge is -2.07. The topological polar surface area (TPSA) is 51.4 Å². The zero-order chi connectivity index (χ0) is 20.4. The second-order valence-corrected chi connectivity index (χ2v) is 9.39. The summed E-state index contributed by atoms with van der Waals surface area (Å²) in [5.41, 5.74) is 2.93. The highest BCUT2D eigenvalue weighted by Gasteiger charge is 2.18. The summed E-state index contributed by atoms with van der Waals surface area (Å²) in [4.78, 5) is 1.47. The lowest BCUT2D eigenvalue weighted by atomic mass is 10.1. The summed E-state index contributed by atoms with van der Waals surface area (Å²) >= 11 is 7.23. The van der Waals surface area contributed by atoms with Gasteiger partial charge in [-0.15, -0.1) is 4.40 Å². The van der Waals surface area contributed by atoms with Gasteiger partial charge in [0.25, 0.3) is 10.0 Å². The van der Waals surface area contributed by atoms with Crippen LogP contribution < -0.4 is 4.80 Å². The van der Waals surface area contributed by atoms with Gasteiger partial charge in [-0.2, -0.15) is 8.42 Å². The van der Waals surface area contributed by atoms with E-state index in [9.17, 15) is 8.42 Å². The van der Waals surface area contributed by atoms with Crippen molar-refractivity contribution in [3.63, 3.8) is 0 Å². The highest BCUT2D eigenvalue weighted by atomic mass is 35.5. The average Bonchev–Trinajstić information content (AvgIpc) is 3.05. The molecule has 29 heavy (non-hydrogen) atoms. The van der Waals surface area contributed by atoms with Crippen LogP contribution in [-0.4, -0.2) is 13.0 Å². The van der Waals surface area contributed by atoms with Crippen LogP contribution in [0.4, 0.5) is 0 Å². The highest BCUT2D eigenvalue weighted by molar-refractivity contribution is 7.90. The first-order valence-electron chi connectivity index (χ1n) is 8.83. The van der Waals surface area contributed by atoms with Gasteiger partial charge < -0.3 is 4.57 Å². The predicted molar refractivity (Wildman–Crippen MR) is 118 cm³/mol. The smallest absolute Gasteiger partial charge is 0.285 e. The molecule has 0 saturated heterocycles. The minimum Gasteiger partial charge on any atom is -0.318 e. The summed E-state index contributed by atoms with van der Waals surface area (Å²) in [7, 11) is -2.03. The molecule has 7 heteroatoms. The number of aromatic nitrogens is 1. The van der Waals surface area contributed by atoms with E-state index in [-0.39, 0.29) is 4.90 Å². The van der Waals surface area contributed by atoms with Crippen molar-refractivity contribution in [2.75, 3.05) is 0 Å².